The van der Waals surface area contributed by atoms with Gasteiger partial charge in [-0.1, -0.05) is 12.8 Å². The maximum absolute atomic E-state index is 11.7. The summed E-state index contributed by atoms with van der Waals surface area (Å²) in [5, 5.41) is 10.2. The highest BCUT2D eigenvalue weighted by Gasteiger charge is 2.43. The predicted molar refractivity (Wildman–Crippen MR) is 67.1 cm³/mol. The summed E-state index contributed by atoms with van der Waals surface area (Å²) in [7, 11) is 0. The van der Waals surface area contributed by atoms with E-state index in [-0.39, 0.29) is 18.1 Å². The van der Waals surface area contributed by atoms with Crippen LogP contribution in [-0.2, 0) is 9.53 Å². The van der Waals surface area contributed by atoms with E-state index in [0.29, 0.717) is 18.6 Å². The van der Waals surface area contributed by atoms with Gasteiger partial charge in [0.1, 0.15) is 6.04 Å². The van der Waals surface area contributed by atoms with E-state index in [0.717, 1.165) is 45.1 Å². The highest BCUT2D eigenvalue weighted by Crippen LogP contribution is 2.36. The van der Waals surface area contributed by atoms with Crippen LogP contribution in [0.2, 0.25) is 0 Å². The molecular weight excluding hydrogens is 230 g/mol. The second-order valence-electron chi connectivity index (χ2n) is 5.94. The van der Waals surface area contributed by atoms with Crippen molar-refractivity contribution in [1.82, 2.24) is 4.90 Å². The minimum absolute atomic E-state index is 0.0355. The number of carbonyl (C=O) groups is 1. The summed E-state index contributed by atoms with van der Waals surface area (Å²) in [6, 6.07) is 0.363. The van der Waals surface area contributed by atoms with Crippen molar-refractivity contribution in [3.05, 3.63) is 0 Å². The summed E-state index contributed by atoms with van der Waals surface area (Å²) < 4.78 is 5.10. The molecule has 2 aliphatic heterocycles. The Morgan fingerprint density at radius 3 is 2.67 bits per heavy atom. The first-order valence-electron chi connectivity index (χ1n) is 7.38. The van der Waals surface area contributed by atoms with Crippen LogP contribution in [0.5, 0.6) is 0 Å². The average molecular weight is 253 g/mol. The molecule has 0 bridgehead atoms. The summed E-state index contributed by atoms with van der Waals surface area (Å²) in [6.07, 6.45) is 7.37. The molecule has 2 heterocycles. The molecule has 3 rings (SSSR count). The molecule has 0 amide bonds. The Bertz CT molecular complexity index is 320. The number of rotatable bonds is 2. The number of aliphatic hydroxyl groups is 1. The fourth-order valence-electron chi connectivity index (χ4n) is 4.04. The van der Waals surface area contributed by atoms with Gasteiger partial charge in [-0.2, -0.15) is 0 Å². The summed E-state index contributed by atoms with van der Waals surface area (Å²) in [5.41, 5.74) is 0. The lowest BCUT2D eigenvalue weighted by atomic mass is 9.80. The Morgan fingerprint density at radius 2 is 1.94 bits per heavy atom. The van der Waals surface area contributed by atoms with Gasteiger partial charge in [0.15, 0.2) is 0 Å². The molecule has 1 N–H and O–H groups in total. The quantitative estimate of drug-likeness (QED) is 0.754. The third-order valence-corrected chi connectivity index (χ3v) is 4.93. The Morgan fingerprint density at radius 1 is 1.11 bits per heavy atom. The molecule has 2 saturated heterocycles. The minimum atomic E-state index is -0.165. The van der Waals surface area contributed by atoms with E-state index in [2.05, 4.69) is 4.90 Å². The number of hydrogen-bond donors (Lipinski definition) is 1. The number of nitrogens with zero attached hydrogens (tertiary/aromatic N) is 1. The van der Waals surface area contributed by atoms with Crippen LogP contribution in [0.4, 0.5) is 0 Å². The van der Waals surface area contributed by atoms with Gasteiger partial charge in [-0.3, -0.25) is 9.69 Å². The second-order valence-corrected chi connectivity index (χ2v) is 5.94. The number of aliphatic hydroxyl groups excluding tert-OH is 1. The number of likely N-dealkylation sites (tertiary alicyclic amines) is 1. The summed E-state index contributed by atoms with van der Waals surface area (Å²) in [6.45, 7) is 1.56. The third kappa shape index (κ3) is 2.16. The van der Waals surface area contributed by atoms with E-state index in [1.807, 2.05) is 0 Å². The van der Waals surface area contributed by atoms with Crippen LogP contribution in [0.25, 0.3) is 0 Å². The lowest BCUT2D eigenvalue weighted by molar-refractivity contribution is -0.143. The van der Waals surface area contributed by atoms with Crippen molar-refractivity contribution in [2.45, 2.75) is 63.1 Å². The van der Waals surface area contributed by atoms with Crippen LogP contribution in [0.1, 0.15) is 44.9 Å². The SMILES string of the molecule is O=C1OCCC1N1CCCC1C1CCCCC1O. The molecule has 0 aromatic carbocycles. The van der Waals surface area contributed by atoms with E-state index in [4.69, 9.17) is 4.74 Å². The number of esters is 1. The largest absolute Gasteiger partial charge is 0.464 e. The van der Waals surface area contributed by atoms with E-state index < -0.39 is 0 Å². The number of ether oxygens (including phenoxy) is 1. The van der Waals surface area contributed by atoms with Crippen molar-refractivity contribution in [2.75, 3.05) is 13.2 Å². The van der Waals surface area contributed by atoms with Crippen molar-refractivity contribution >= 4 is 5.97 Å². The lowest BCUT2D eigenvalue weighted by Gasteiger charge is -2.38. The number of cyclic esters (lactones) is 1. The average Bonchev–Trinajstić information content (AvgIpc) is 2.98. The van der Waals surface area contributed by atoms with Gasteiger partial charge in [-0.05, 0) is 32.2 Å². The topological polar surface area (TPSA) is 49.8 Å². The second kappa shape index (κ2) is 5.17. The van der Waals surface area contributed by atoms with E-state index in [9.17, 15) is 9.90 Å². The number of hydrogen-bond acceptors (Lipinski definition) is 4. The van der Waals surface area contributed by atoms with Crippen LogP contribution in [-0.4, -0.2) is 47.3 Å². The Balaban J connectivity index is 1.72. The fourth-order valence-corrected chi connectivity index (χ4v) is 4.04. The Kier molecular flexibility index (Phi) is 3.57. The van der Waals surface area contributed by atoms with E-state index in [1.54, 1.807) is 0 Å². The highest BCUT2D eigenvalue weighted by atomic mass is 16.5. The van der Waals surface area contributed by atoms with Gasteiger partial charge in [0, 0.05) is 18.4 Å². The molecular formula is C14H23NO3. The Hall–Kier alpha value is -0.610. The van der Waals surface area contributed by atoms with Crippen molar-refractivity contribution in [3.8, 4) is 0 Å². The van der Waals surface area contributed by atoms with Crippen LogP contribution in [0.15, 0.2) is 0 Å². The molecule has 3 aliphatic rings. The maximum atomic E-state index is 11.7. The van der Waals surface area contributed by atoms with Gasteiger partial charge < -0.3 is 9.84 Å². The van der Waals surface area contributed by atoms with Gasteiger partial charge in [0.2, 0.25) is 0 Å². The molecule has 3 fully saturated rings. The standard InChI is InChI=1S/C14H23NO3/c16-13-6-2-1-4-10(13)11-5-3-8-15(11)12-7-9-18-14(12)17/h10-13,16H,1-9H2. The van der Waals surface area contributed by atoms with Gasteiger partial charge in [0.05, 0.1) is 12.7 Å². The first kappa shape index (κ1) is 12.4. The van der Waals surface area contributed by atoms with Crippen LogP contribution < -0.4 is 0 Å². The molecule has 4 atom stereocenters. The normalized spacial score (nSPS) is 42.2. The maximum Gasteiger partial charge on any atom is 0.323 e. The fraction of sp³-hybridized carbons (Fsp3) is 0.929. The molecule has 4 nitrogen and oxygen atoms in total. The minimum Gasteiger partial charge on any atom is -0.464 e. The molecule has 1 saturated carbocycles. The van der Waals surface area contributed by atoms with Gasteiger partial charge >= 0.3 is 5.97 Å². The zero-order chi connectivity index (χ0) is 12.5. The molecule has 0 radical (unpaired) electrons. The van der Waals surface area contributed by atoms with E-state index in [1.165, 1.54) is 6.42 Å². The van der Waals surface area contributed by atoms with Crippen molar-refractivity contribution in [3.63, 3.8) is 0 Å². The first-order chi connectivity index (χ1) is 8.77. The smallest absolute Gasteiger partial charge is 0.323 e. The zero-order valence-corrected chi connectivity index (χ0v) is 10.9. The summed E-state index contributed by atoms with van der Waals surface area (Å²) in [4.78, 5) is 14.1. The van der Waals surface area contributed by atoms with Gasteiger partial charge in [0.25, 0.3) is 0 Å². The summed E-state index contributed by atoms with van der Waals surface area (Å²) >= 11 is 0. The predicted octanol–water partition coefficient (Wildman–Crippen LogP) is 1.32. The first-order valence-corrected chi connectivity index (χ1v) is 7.38. The van der Waals surface area contributed by atoms with Crippen LogP contribution in [0.3, 0.4) is 0 Å². The molecule has 0 aromatic rings. The van der Waals surface area contributed by atoms with Crippen LogP contribution >= 0.6 is 0 Å². The van der Waals surface area contributed by atoms with Crippen molar-refractivity contribution in [1.29, 1.82) is 0 Å². The molecule has 102 valence electrons. The molecule has 0 aromatic heterocycles. The monoisotopic (exact) mass is 253 g/mol. The molecule has 4 unspecified atom stereocenters. The van der Waals surface area contributed by atoms with Gasteiger partial charge in [-0.25, -0.2) is 0 Å². The number of carbonyl (C=O) groups excluding carboxylic acids is 1. The van der Waals surface area contributed by atoms with Gasteiger partial charge in [-0.15, -0.1) is 0 Å². The zero-order valence-electron chi connectivity index (χ0n) is 10.9. The molecule has 0 spiro atoms. The van der Waals surface area contributed by atoms with Crippen molar-refractivity contribution in [2.24, 2.45) is 5.92 Å². The summed E-state index contributed by atoms with van der Waals surface area (Å²) in [5.74, 6) is 0.321. The van der Waals surface area contributed by atoms with E-state index >= 15 is 0 Å². The molecule has 4 heteroatoms. The Labute approximate surface area is 108 Å². The lowest BCUT2D eigenvalue weighted by Crippen LogP contribution is -2.48. The molecule has 1 aliphatic carbocycles. The third-order valence-electron chi connectivity index (χ3n) is 4.93. The highest BCUT2D eigenvalue weighted by molar-refractivity contribution is 5.77. The molecule has 18 heavy (non-hydrogen) atoms. The van der Waals surface area contributed by atoms with Crippen molar-refractivity contribution < 1.29 is 14.6 Å². The van der Waals surface area contributed by atoms with Crippen LogP contribution in [0, 0.1) is 5.92 Å².